The van der Waals surface area contributed by atoms with E-state index in [0.717, 1.165) is 19.4 Å². The second-order valence-electron chi connectivity index (χ2n) is 5.57. The van der Waals surface area contributed by atoms with Crippen molar-refractivity contribution in [3.63, 3.8) is 0 Å². The second-order valence-corrected chi connectivity index (χ2v) is 5.57. The Balaban J connectivity index is 2.07. The molecule has 20 heavy (non-hydrogen) atoms. The molecule has 0 spiro atoms. The lowest BCUT2D eigenvalue weighted by molar-refractivity contribution is 0.520. The standard InChI is InChI=1S/C19H25N/c1-4-20-19(13-17-11-9-15(2)10-12-17)14-18-8-6-5-7-16(18)3/h5-12,19-20H,4,13-14H2,1-3H3. The lowest BCUT2D eigenvalue weighted by Gasteiger charge is -2.19. The minimum atomic E-state index is 0.504. The third kappa shape index (κ3) is 4.21. The van der Waals surface area contributed by atoms with E-state index in [0.29, 0.717) is 6.04 Å². The summed E-state index contributed by atoms with van der Waals surface area (Å²) in [5.41, 5.74) is 5.58. The molecule has 2 aromatic rings. The quantitative estimate of drug-likeness (QED) is 0.832. The van der Waals surface area contributed by atoms with Gasteiger partial charge >= 0.3 is 0 Å². The van der Waals surface area contributed by atoms with Gasteiger partial charge in [-0.15, -0.1) is 0 Å². The Labute approximate surface area is 123 Å². The first-order valence-corrected chi connectivity index (χ1v) is 7.52. The molecule has 2 aromatic carbocycles. The zero-order chi connectivity index (χ0) is 14.4. The van der Waals surface area contributed by atoms with Crippen molar-refractivity contribution in [2.75, 3.05) is 6.54 Å². The number of aryl methyl sites for hydroxylation is 2. The van der Waals surface area contributed by atoms with Crippen molar-refractivity contribution in [3.8, 4) is 0 Å². The van der Waals surface area contributed by atoms with Crippen LogP contribution in [0.3, 0.4) is 0 Å². The number of benzene rings is 2. The first-order chi connectivity index (χ1) is 9.69. The van der Waals surface area contributed by atoms with Crippen LogP contribution < -0.4 is 5.32 Å². The predicted octanol–water partition coefficient (Wildman–Crippen LogP) is 4.07. The molecule has 0 aliphatic heterocycles. The van der Waals surface area contributed by atoms with Gasteiger partial charge in [-0.25, -0.2) is 0 Å². The maximum atomic E-state index is 3.62. The molecular weight excluding hydrogens is 242 g/mol. The number of hydrogen-bond acceptors (Lipinski definition) is 1. The SMILES string of the molecule is CCNC(Cc1ccc(C)cc1)Cc1ccccc1C. The molecule has 0 fully saturated rings. The van der Waals surface area contributed by atoms with E-state index in [1.807, 2.05) is 0 Å². The van der Waals surface area contributed by atoms with Crippen LogP contribution in [0, 0.1) is 13.8 Å². The van der Waals surface area contributed by atoms with Gasteiger partial charge in [0, 0.05) is 6.04 Å². The third-order valence-corrected chi connectivity index (χ3v) is 3.82. The van der Waals surface area contributed by atoms with Crippen molar-refractivity contribution < 1.29 is 0 Å². The summed E-state index contributed by atoms with van der Waals surface area (Å²) in [6.07, 6.45) is 2.18. The Kier molecular flexibility index (Phi) is 5.37. The van der Waals surface area contributed by atoms with Gasteiger partial charge in [-0.2, -0.15) is 0 Å². The third-order valence-electron chi connectivity index (χ3n) is 3.82. The molecule has 1 atom stereocenters. The smallest absolute Gasteiger partial charge is 0.0148 e. The van der Waals surface area contributed by atoms with Gasteiger partial charge in [0.15, 0.2) is 0 Å². The van der Waals surface area contributed by atoms with Crippen LogP contribution in [-0.2, 0) is 12.8 Å². The molecule has 0 saturated heterocycles. The van der Waals surface area contributed by atoms with E-state index in [2.05, 4.69) is 74.6 Å². The predicted molar refractivity (Wildman–Crippen MR) is 87.2 cm³/mol. The minimum absolute atomic E-state index is 0.504. The lowest BCUT2D eigenvalue weighted by Crippen LogP contribution is -2.33. The van der Waals surface area contributed by atoms with E-state index in [1.165, 1.54) is 22.3 Å². The molecule has 0 saturated carbocycles. The van der Waals surface area contributed by atoms with Gasteiger partial charge in [0.25, 0.3) is 0 Å². The van der Waals surface area contributed by atoms with E-state index in [4.69, 9.17) is 0 Å². The average molecular weight is 267 g/mol. The Morgan fingerprint density at radius 2 is 1.60 bits per heavy atom. The van der Waals surface area contributed by atoms with Crippen molar-refractivity contribution >= 4 is 0 Å². The van der Waals surface area contributed by atoms with Gasteiger partial charge in [-0.05, 0) is 49.9 Å². The fraction of sp³-hybridized carbons (Fsp3) is 0.368. The molecular formula is C19H25N. The highest BCUT2D eigenvalue weighted by molar-refractivity contribution is 5.27. The zero-order valence-corrected chi connectivity index (χ0v) is 12.8. The highest BCUT2D eigenvalue weighted by atomic mass is 14.9. The largest absolute Gasteiger partial charge is 0.314 e. The van der Waals surface area contributed by atoms with Crippen LogP contribution in [-0.4, -0.2) is 12.6 Å². The van der Waals surface area contributed by atoms with Gasteiger partial charge in [0.1, 0.15) is 0 Å². The van der Waals surface area contributed by atoms with E-state index in [-0.39, 0.29) is 0 Å². The summed E-state index contributed by atoms with van der Waals surface area (Å²) in [4.78, 5) is 0. The maximum Gasteiger partial charge on any atom is 0.0148 e. The van der Waals surface area contributed by atoms with Crippen molar-refractivity contribution in [1.29, 1.82) is 0 Å². The number of hydrogen-bond donors (Lipinski definition) is 1. The van der Waals surface area contributed by atoms with Crippen LogP contribution in [0.4, 0.5) is 0 Å². The first-order valence-electron chi connectivity index (χ1n) is 7.52. The van der Waals surface area contributed by atoms with Crippen molar-refractivity contribution in [3.05, 3.63) is 70.8 Å². The van der Waals surface area contributed by atoms with E-state index >= 15 is 0 Å². The van der Waals surface area contributed by atoms with Crippen molar-refractivity contribution in [1.82, 2.24) is 5.32 Å². The summed E-state index contributed by atoms with van der Waals surface area (Å²) in [6, 6.07) is 18.1. The van der Waals surface area contributed by atoms with Crippen LogP contribution in [0.1, 0.15) is 29.2 Å². The van der Waals surface area contributed by atoms with Crippen LogP contribution >= 0.6 is 0 Å². The summed E-state index contributed by atoms with van der Waals surface area (Å²) >= 11 is 0. The monoisotopic (exact) mass is 267 g/mol. The van der Waals surface area contributed by atoms with Crippen molar-refractivity contribution in [2.45, 2.75) is 39.7 Å². The molecule has 2 rings (SSSR count). The molecule has 0 radical (unpaired) electrons. The van der Waals surface area contributed by atoms with E-state index in [9.17, 15) is 0 Å². The van der Waals surface area contributed by atoms with Crippen molar-refractivity contribution in [2.24, 2.45) is 0 Å². The fourth-order valence-electron chi connectivity index (χ4n) is 2.62. The molecule has 1 nitrogen and oxygen atoms in total. The second kappa shape index (κ2) is 7.25. The highest BCUT2D eigenvalue weighted by Crippen LogP contribution is 2.13. The lowest BCUT2D eigenvalue weighted by atomic mass is 9.96. The Hall–Kier alpha value is -1.60. The van der Waals surface area contributed by atoms with Gasteiger partial charge in [0.05, 0.1) is 0 Å². The summed E-state index contributed by atoms with van der Waals surface area (Å²) in [5, 5.41) is 3.62. The maximum absolute atomic E-state index is 3.62. The number of rotatable bonds is 6. The molecule has 1 N–H and O–H groups in total. The highest BCUT2D eigenvalue weighted by Gasteiger charge is 2.10. The van der Waals surface area contributed by atoms with Gasteiger partial charge in [0.2, 0.25) is 0 Å². The first kappa shape index (κ1) is 14.8. The molecule has 0 aliphatic rings. The summed E-state index contributed by atoms with van der Waals surface area (Å²) in [5.74, 6) is 0. The zero-order valence-electron chi connectivity index (χ0n) is 12.8. The fourth-order valence-corrected chi connectivity index (χ4v) is 2.62. The molecule has 0 amide bonds. The molecule has 0 bridgehead atoms. The van der Waals surface area contributed by atoms with E-state index in [1.54, 1.807) is 0 Å². The number of likely N-dealkylation sites (N-methyl/N-ethyl adjacent to an activating group) is 1. The summed E-state index contributed by atoms with van der Waals surface area (Å²) in [6.45, 7) is 7.53. The molecule has 0 aromatic heterocycles. The van der Waals surface area contributed by atoms with Crippen LogP contribution in [0.2, 0.25) is 0 Å². The normalized spacial score (nSPS) is 12.3. The van der Waals surface area contributed by atoms with Gasteiger partial charge in [-0.1, -0.05) is 61.0 Å². The number of nitrogens with one attached hydrogen (secondary N) is 1. The molecule has 106 valence electrons. The molecule has 1 heteroatoms. The Bertz CT molecular complexity index is 528. The van der Waals surface area contributed by atoms with E-state index < -0.39 is 0 Å². The molecule has 0 aliphatic carbocycles. The van der Waals surface area contributed by atoms with Gasteiger partial charge in [-0.3, -0.25) is 0 Å². The van der Waals surface area contributed by atoms with Crippen LogP contribution in [0.25, 0.3) is 0 Å². The summed E-state index contributed by atoms with van der Waals surface area (Å²) in [7, 11) is 0. The average Bonchev–Trinajstić information content (AvgIpc) is 2.44. The van der Waals surface area contributed by atoms with Crippen LogP contribution in [0.15, 0.2) is 48.5 Å². The Morgan fingerprint density at radius 1 is 0.900 bits per heavy atom. The molecule has 1 unspecified atom stereocenters. The van der Waals surface area contributed by atoms with Gasteiger partial charge < -0.3 is 5.32 Å². The topological polar surface area (TPSA) is 12.0 Å². The minimum Gasteiger partial charge on any atom is -0.314 e. The summed E-state index contributed by atoms with van der Waals surface area (Å²) < 4.78 is 0. The molecule has 0 heterocycles. The van der Waals surface area contributed by atoms with Crippen LogP contribution in [0.5, 0.6) is 0 Å². The Morgan fingerprint density at radius 3 is 2.25 bits per heavy atom.